The first-order chi connectivity index (χ1) is 33.0. The number of carbonyl (C=O) groups excluding carboxylic acids is 2. The molecule has 0 spiro atoms. The summed E-state index contributed by atoms with van der Waals surface area (Å²) >= 11 is 0. The van der Waals surface area contributed by atoms with E-state index in [2.05, 4.69) is 62.5 Å². The fraction of sp³-hybridized carbons (Fsp3) is 0.811. The van der Waals surface area contributed by atoms with Crippen molar-refractivity contribution in [3.05, 3.63) is 48.6 Å². The van der Waals surface area contributed by atoms with Gasteiger partial charge in [-0.2, -0.15) is 0 Å². The highest BCUT2D eigenvalue weighted by Gasteiger charge is 2.47. The van der Waals surface area contributed by atoms with E-state index in [0.717, 1.165) is 64.2 Å². The standard InChI is InChI=1S/C53H92O15/c1-3-5-7-9-11-13-15-17-19-20-22-23-25-27-29-31-33-35-44(55)63-38-41(66-45(56)36-34-32-30-28-26-24-21-18-16-14-12-10-8-6-4-2)39-64-52-51(62)49(60)47(58)43(68-52)40-65-53-50(61)48(59)46(57)42(37-54)67-53/h11,13,17-19,21,26,28,41-43,46-54,57-62H,3-10,12,14-16,20,22-25,27,29-40H2,1-2H3/b13-11+,19-17+,21-18+,28-26+/t41-,42+,43+,46-,47-,48?,49?,50?,51?,52+,53+/m0/s1. The van der Waals surface area contributed by atoms with Crippen molar-refractivity contribution in [2.75, 3.05) is 26.4 Å². The Morgan fingerprint density at radius 2 is 0.882 bits per heavy atom. The van der Waals surface area contributed by atoms with Crippen molar-refractivity contribution in [3.8, 4) is 0 Å². The molecule has 2 rings (SSSR count). The summed E-state index contributed by atoms with van der Waals surface area (Å²) in [7, 11) is 0. The summed E-state index contributed by atoms with van der Waals surface area (Å²) in [5.74, 6) is -0.973. The molecule has 2 fully saturated rings. The summed E-state index contributed by atoms with van der Waals surface area (Å²) in [6, 6.07) is 0. The molecule has 0 aromatic heterocycles. The molecule has 11 atom stereocenters. The molecule has 15 nitrogen and oxygen atoms in total. The molecule has 7 N–H and O–H groups in total. The number of ether oxygens (including phenoxy) is 6. The lowest BCUT2D eigenvalue weighted by molar-refractivity contribution is -0.332. The van der Waals surface area contributed by atoms with E-state index in [1.165, 1.54) is 77.0 Å². The first-order valence-corrected chi connectivity index (χ1v) is 26.2. The van der Waals surface area contributed by atoms with Gasteiger partial charge < -0.3 is 64.2 Å². The molecule has 0 saturated carbocycles. The van der Waals surface area contributed by atoms with Crippen LogP contribution in [-0.4, -0.2) is 142 Å². The zero-order valence-electron chi connectivity index (χ0n) is 41.6. The van der Waals surface area contributed by atoms with Gasteiger partial charge in [-0.25, -0.2) is 0 Å². The number of hydrogen-bond donors (Lipinski definition) is 7. The quantitative estimate of drug-likeness (QED) is 0.0179. The predicted molar refractivity (Wildman–Crippen MR) is 261 cm³/mol. The topological polar surface area (TPSA) is 231 Å². The lowest BCUT2D eigenvalue weighted by Crippen LogP contribution is -2.61. The van der Waals surface area contributed by atoms with Gasteiger partial charge in [-0.15, -0.1) is 0 Å². The highest BCUT2D eigenvalue weighted by atomic mass is 16.7. The van der Waals surface area contributed by atoms with E-state index in [9.17, 15) is 45.3 Å². The number of aliphatic hydroxyl groups is 7. The molecular weight excluding hydrogens is 877 g/mol. The Morgan fingerprint density at radius 1 is 0.471 bits per heavy atom. The van der Waals surface area contributed by atoms with Crippen molar-refractivity contribution < 1.29 is 73.8 Å². The van der Waals surface area contributed by atoms with Gasteiger partial charge in [-0.1, -0.05) is 140 Å². The molecule has 2 heterocycles. The van der Waals surface area contributed by atoms with Crippen molar-refractivity contribution in [1.82, 2.24) is 0 Å². The number of aliphatic hydroxyl groups excluding tert-OH is 7. The lowest BCUT2D eigenvalue weighted by Gasteiger charge is -2.42. The minimum absolute atomic E-state index is 0.120. The van der Waals surface area contributed by atoms with E-state index in [-0.39, 0.29) is 19.4 Å². The zero-order chi connectivity index (χ0) is 49.6. The third-order valence-electron chi connectivity index (χ3n) is 12.3. The number of esters is 2. The third kappa shape index (κ3) is 27.7. The van der Waals surface area contributed by atoms with Crippen molar-refractivity contribution >= 4 is 11.9 Å². The Bertz CT molecular complexity index is 1370. The largest absolute Gasteiger partial charge is 0.462 e. The fourth-order valence-electron chi connectivity index (χ4n) is 7.92. The van der Waals surface area contributed by atoms with Gasteiger partial charge in [0, 0.05) is 12.8 Å². The average Bonchev–Trinajstić information content (AvgIpc) is 3.33. The van der Waals surface area contributed by atoms with Gasteiger partial charge in [-0.05, 0) is 77.0 Å². The number of rotatable bonds is 40. The summed E-state index contributed by atoms with van der Waals surface area (Å²) in [5.41, 5.74) is 0. The van der Waals surface area contributed by atoms with E-state index >= 15 is 0 Å². The monoisotopic (exact) mass is 969 g/mol. The van der Waals surface area contributed by atoms with Crippen molar-refractivity contribution in [3.63, 3.8) is 0 Å². The molecule has 0 bridgehead atoms. The van der Waals surface area contributed by atoms with Gasteiger partial charge in [0.25, 0.3) is 0 Å². The van der Waals surface area contributed by atoms with E-state index < -0.39 is 99.3 Å². The number of unbranched alkanes of at least 4 members (excludes halogenated alkanes) is 18. The van der Waals surface area contributed by atoms with Crippen molar-refractivity contribution in [2.45, 2.75) is 248 Å². The molecule has 0 radical (unpaired) electrons. The Labute approximate surface area is 408 Å². The van der Waals surface area contributed by atoms with Crippen LogP contribution in [0.5, 0.6) is 0 Å². The Balaban J connectivity index is 1.82. The van der Waals surface area contributed by atoms with E-state index in [0.29, 0.717) is 12.8 Å². The third-order valence-corrected chi connectivity index (χ3v) is 12.3. The fourth-order valence-corrected chi connectivity index (χ4v) is 7.92. The smallest absolute Gasteiger partial charge is 0.306 e. The van der Waals surface area contributed by atoms with Gasteiger partial charge in [0.15, 0.2) is 18.7 Å². The molecule has 394 valence electrons. The number of allylic oxidation sites excluding steroid dienone is 8. The Hall–Kier alpha value is -2.54. The maximum absolute atomic E-state index is 13.0. The molecule has 68 heavy (non-hydrogen) atoms. The summed E-state index contributed by atoms with van der Waals surface area (Å²) in [5, 5.41) is 72.1. The van der Waals surface area contributed by atoms with Crippen LogP contribution in [0.4, 0.5) is 0 Å². The van der Waals surface area contributed by atoms with Gasteiger partial charge in [-0.3, -0.25) is 9.59 Å². The van der Waals surface area contributed by atoms with Crippen LogP contribution in [0.2, 0.25) is 0 Å². The van der Waals surface area contributed by atoms with E-state index in [1.54, 1.807) is 0 Å². The van der Waals surface area contributed by atoms with Crippen LogP contribution in [0.3, 0.4) is 0 Å². The summed E-state index contributed by atoms with van der Waals surface area (Å²) in [6.45, 7) is 2.51. The highest BCUT2D eigenvalue weighted by Crippen LogP contribution is 2.26. The molecule has 0 aromatic carbocycles. The summed E-state index contributed by atoms with van der Waals surface area (Å²) < 4.78 is 33.5. The van der Waals surface area contributed by atoms with Crippen LogP contribution in [0.15, 0.2) is 48.6 Å². The molecular formula is C53H92O15. The number of carbonyl (C=O) groups is 2. The number of hydrogen-bond acceptors (Lipinski definition) is 15. The van der Waals surface area contributed by atoms with Crippen LogP contribution in [-0.2, 0) is 38.0 Å². The normalized spacial score (nSPS) is 26.1. The van der Waals surface area contributed by atoms with Gasteiger partial charge in [0.2, 0.25) is 0 Å². The van der Waals surface area contributed by atoms with Gasteiger partial charge >= 0.3 is 11.9 Å². The minimum Gasteiger partial charge on any atom is -0.462 e. The van der Waals surface area contributed by atoms with Crippen molar-refractivity contribution in [2.24, 2.45) is 0 Å². The van der Waals surface area contributed by atoms with Crippen LogP contribution in [0.25, 0.3) is 0 Å². The second kappa shape index (κ2) is 40.1. The SMILES string of the molecule is CCCCC/C=C/C/C=C/CCCCCCCCCC(=O)OC[C@@H](CO[C@@H]1O[C@H](CO[C@@H]2O[C@H](CO)[C@H](O)C(O)C2O)[C@H](O)C(O)C1O)OC(=O)CCCC/C=C/C/C=C/CCCCCCCC. The predicted octanol–water partition coefficient (Wildman–Crippen LogP) is 7.49. The Morgan fingerprint density at radius 3 is 1.43 bits per heavy atom. The molecule has 2 saturated heterocycles. The van der Waals surface area contributed by atoms with E-state index in [4.69, 9.17) is 28.4 Å². The summed E-state index contributed by atoms with van der Waals surface area (Å²) in [6.07, 6.45) is 27.1. The lowest BCUT2D eigenvalue weighted by atomic mass is 9.98. The molecule has 0 aliphatic carbocycles. The second-order valence-electron chi connectivity index (χ2n) is 18.3. The second-order valence-corrected chi connectivity index (χ2v) is 18.3. The molecule has 0 aromatic rings. The highest BCUT2D eigenvalue weighted by molar-refractivity contribution is 5.70. The molecule has 2 aliphatic rings. The van der Waals surface area contributed by atoms with Crippen LogP contribution in [0, 0.1) is 0 Å². The van der Waals surface area contributed by atoms with Crippen molar-refractivity contribution in [1.29, 1.82) is 0 Å². The minimum atomic E-state index is -1.77. The Kier molecular flexibility index (Phi) is 36.3. The maximum Gasteiger partial charge on any atom is 0.306 e. The maximum atomic E-state index is 13.0. The average molecular weight is 969 g/mol. The van der Waals surface area contributed by atoms with E-state index in [1.807, 2.05) is 0 Å². The van der Waals surface area contributed by atoms with Crippen LogP contribution in [0.1, 0.15) is 181 Å². The molecule has 2 aliphatic heterocycles. The first-order valence-electron chi connectivity index (χ1n) is 26.2. The summed E-state index contributed by atoms with van der Waals surface area (Å²) in [4.78, 5) is 25.8. The van der Waals surface area contributed by atoms with Gasteiger partial charge in [0.1, 0.15) is 55.4 Å². The van der Waals surface area contributed by atoms with Crippen LogP contribution < -0.4 is 0 Å². The first kappa shape index (κ1) is 61.6. The molecule has 0 amide bonds. The zero-order valence-corrected chi connectivity index (χ0v) is 41.6. The molecule has 15 heteroatoms. The molecule has 4 unspecified atom stereocenters. The van der Waals surface area contributed by atoms with Gasteiger partial charge in [0.05, 0.1) is 19.8 Å². The van der Waals surface area contributed by atoms with Crippen LogP contribution >= 0.6 is 0 Å².